The van der Waals surface area contributed by atoms with Crippen LogP contribution in [0.15, 0.2) is 89.5 Å². The molecule has 1 unspecified atom stereocenters. The van der Waals surface area contributed by atoms with Crippen LogP contribution in [-0.2, 0) is 27.2 Å². The Kier molecular flexibility index (Phi) is 11.3. The Morgan fingerprint density at radius 1 is 0.979 bits per heavy atom. The third-order valence-corrected chi connectivity index (χ3v) is 9.79. The van der Waals surface area contributed by atoms with Gasteiger partial charge in [-0.05, 0) is 86.6 Å². The molecule has 242 valence electrons. The standard InChI is InChI=1S/C37H37N3O5S2/c1-4-45-37(44)33-29-18-15-24(3)19-31(29)47-36(33)40-32(41)22-46-28-12-8-11-27(21-28)38-35(43)30(20-25-16-13-23(2)14-17-25)39-34(42)26-9-6-5-7-10-26/h5-14,16-17,20-21,24H,4,15,18-19,22H2,1-3H3,(H,38,43)(H,39,42)(H,40,41)/b30-20-. The van der Waals surface area contributed by atoms with Crippen LogP contribution < -0.4 is 16.0 Å². The summed E-state index contributed by atoms with van der Waals surface area (Å²) in [7, 11) is 0. The monoisotopic (exact) mass is 667 g/mol. The van der Waals surface area contributed by atoms with Crippen molar-refractivity contribution in [3.63, 3.8) is 0 Å². The van der Waals surface area contributed by atoms with E-state index in [1.165, 1.54) is 23.1 Å². The lowest BCUT2D eigenvalue weighted by Gasteiger charge is -2.18. The van der Waals surface area contributed by atoms with Gasteiger partial charge in [-0.1, -0.05) is 61.0 Å². The van der Waals surface area contributed by atoms with Crippen molar-refractivity contribution in [2.75, 3.05) is 23.0 Å². The highest BCUT2D eigenvalue weighted by atomic mass is 32.2. The number of fused-ring (bicyclic) bond motifs is 1. The summed E-state index contributed by atoms with van der Waals surface area (Å²) in [5.74, 6) is -0.906. The second-order valence-corrected chi connectivity index (χ2v) is 13.5. The molecule has 1 aromatic heterocycles. The van der Waals surface area contributed by atoms with Crippen LogP contribution in [0.2, 0.25) is 0 Å². The summed E-state index contributed by atoms with van der Waals surface area (Å²) in [6.45, 7) is 6.20. The zero-order valence-electron chi connectivity index (χ0n) is 26.6. The number of benzene rings is 3. The SMILES string of the molecule is CCOC(=O)c1c(NC(=O)CSc2cccc(NC(=O)/C(=C/c3ccc(C)cc3)NC(=O)c3ccccc3)c2)sc2c1CCC(C)C2. The molecule has 0 aliphatic heterocycles. The van der Waals surface area contributed by atoms with Gasteiger partial charge >= 0.3 is 5.97 Å². The molecule has 5 rings (SSSR count). The molecule has 0 spiro atoms. The van der Waals surface area contributed by atoms with Gasteiger partial charge in [-0.3, -0.25) is 14.4 Å². The lowest BCUT2D eigenvalue weighted by Crippen LogP contribution is -2.30. The molecule has 0 fully saturated rings. The molecule has 0 saturated carbocycles. The van der Waals surface area contributed by atoms with Crippen molar-refractivity contribution < 1.29 is 23.9 Å². The average molecular weight is 668 g/mol. The van der Waals surface area contributed by atoms with Crippen molar-refractivity contribution in [2.45, 2.75) is 44.9 Å². The zero-order chi connectivity index (χ0) is 33.3. The Labute approximate surface area is 283 Å². The van der Waals surface area contributed by atoms with Crippen molar-refractivity contribution in [1.82, 2.24) is 5.32 Å². The molecular formula is C37H37N3O5S2. The molecule has 4 aromatic rings. The van der Waals surface area contributed by atoms with Crippen LogP contribution in [0.5, 0.6) is 0 Å². The van der Waals surface area contributed by atoms with E-state index in [1.54, 1.807) is 55.5 Å². The van der Waals surface area contributed by atoms with Gasteiger partial charge in [-0.25, -0.2) is 4.79 Å². The second-order valence-electron chi connectivity index (χ2n) is 11.4. The number of anilines is 2. The molecule has 3 N–H and O–H groups in total. The largest absolute Gasteiger partial charge is 0.462 e. The molecule has 3 aromatic carbocycles. The van der Waals surface area contributed by atoms with Crippen molar-refractivity contribution >= 4 is 63.6 Å². The summed E-state index contributed by atoms with van der Waals surface area (Å²) in [4.78, 5) is 54.2. The van der Waals surface area contributed by atoms with Gasteiger partial charge in [0, 0.05) is 21.0 Å². The molecule has 3 amide bonds. The molecule has 0 saturated heterocycles. The van der Waals surface area contributed by atoms with Crippen LogP contribution >= 0.6 is 23.1 Å². The minimum atomic E-state index is -0.489. The number of hydrogen-bond donors (Lipinski definition) is 3. The van der Waals surface area contributed by atoms with Gasteiger partial charge in [0.15, 0.2) is 0 Å². The maximum absolute atomic E-state index is 13.5. The number of thioether (sulfide) groups is 1. The molecule has 1 atom stereocenters. The summed E-state index contributed by atoms with van der Waals surface area (Å²) in [6, 6.07) is 23.5. The van der Waals surface area contributed by atoms with Gasteiger partial charge in [0.25, 0.3) is 11.8 Å². The van der Waals surface area contributed by atoms with E-state index >= 15 is 0 Å². The number of thiophene rings is 1. The predicted molar refractivity (Wildman–Crippen MR) is 189 cm³/mol. The first kappa shape index (κ1) is 33.7. The Morgan fingerprint density at radius 3 is 2.49 bits per heavy atom. The number of carbonyl (C=O) groups is 4. The van der Waals surface area contributed by atoms with Gasteiger partial charge in [-0.15, -0.1) is 23.1 Å². The van der Waals surface area contributed by atoms with Gasteiger partial charge in [-0.2, -0.15) is 0 Å². The first-order valence-electron chi connectivity index (χ1n) is 15.5. The van der Waals surface area contributed by atoms with Crippen LogP contribution in [0.25, 0.3) is 6.08 Å². The Balaban J connectivity index is 1.26. The van der Waals surface area contributed by atoms with Crippen LogP contribution in [0.4, 0.5) is 10.7 Å². The number of carbonyl (C=O) groups excluding carboxylic acids is 4. The van der Waals surface area contributed by atoms with E-state index in [1.807, 2.05) is 43.3 Å². The molecule has 0 bridgehead atoms. The summed E-state index contributed by atoms with van der Waals surface area (Å²) in [5, 5.41) is 9.12. The molecule has 0 radical (unpaired) electrons. The molecular weight excluding hydrogens is 631 g/mol. The third-order valence-electron chi connectivity index (χ3n) is 7.62. The van der Waals surface area contributed by atoms with E-state index < -0.39 is 17.8 Å². The van der Waals surface area contributed by atoms with Crippen LogP contribution in [0, 0.1) is 12.8 Å². The molecule has 1 heterocycles. The van der Waals surface area contributed by atoms with E-state index in [-0.39, 0.29) is 24.0 Å². The summed E-state index contributed by atoms with van der Waals surface area (Å²) < 4.78 is 5.32. The maximum atomic E-state index is 13.5. The highest BCUT2D eigenvalue weighted by molar-refractivity contribution is 8.00. The minimum Gasteiger partial charge on any atom is -0.462 e. The number of rotatable bonds is 11. The van der Waals surface area contributed by atoms with Gasteiger partial charge in [0.2, 0.25) is 5.91 Å². The quantitative estimate of drug-likeness (QED) is 0.0868. The van der Waals surface area contributed by atoms with Crippen LogP contribution in [0.3, 0.4) is 0 Å². The molecule has 1 aliphatic rings. The Morgan fingerprint density at radius 2 is 1.74 bits per heavy atom. The van der Waals surface area contributed by atoms with Crippen molar-refractivity contribution in [2.24, 2.45) is 5.92 Å². The van der Waals surface area contributed by atoms with E-state index in [0.29, 0.717) is 27.7 Å². The summed E-state index contributed by atoms with van der Waals surface area (Å²) in [5.41, 5.74) is 4.34. The second kappa shape index (κ2) is 15.8. The average Bonchev–Trinajstić information content (AvgIpc) is 3.41. The van der Waals surface area contributed by atoms with Crippen molar-refractivity contribution in [3.05, 3.63) is 117 Å². The number of aryl methyl sites for hydroxylation is 1. The van der Waals surface area contributed by atoms with Crippen LogP contribution in [-0.4, -0.2) is 36.1 Å². The van der Waals surface area contributed by atoms with Crippen molar-refractivity contribution in [1.29, 1.82) is 0 Å². The topological polar surface area (TPSA) is 114 Å². The lowest BCUT2D eigenvalue weighted by molar-refractivity contribution is -0.114. The fourth-order valence-electron chi connectivity index (χ4n) is 5.20. The Hall–Kier alpha value is -4.67. The highest BCUT2D eigenvalue weighted by Crippen LogP contribution is 2.40. The van der Waals surface area contributed by atoms with E-state index in [4.69, 9.17) is 4.74 Å². The zero-order valence-corrected chi connectivity index (χ0v) is 28.2. The lowest BCUT2D eigenvalue weighted by atomic mass is 9.88. The number of esters is 1. The van der Waals surface area contributed by atoms with E-state index in [0.717, 1.165) is 45.7 Å². The number of hydrogen-bond acceptors (Lipinski definition) is 7. The van der Waals surface area contributed by atoms with Gasteiger partial charge < -0.3 is 20.7 Å². The minimum absolute atomic E-state index is 0.0885. The molecule has 10 heteroatoms. The van der Waals surface area contributed by atoms with Crippen molar-refractivity contribution in [3.8, 4) is 0 Å². The van der Waals surface area contributed by atoms with Crippen LogP contribution in [0.1, 0.15) is 62.6 Å². The third kappa shape index (κ3) is 8.99. The molecule has 47 heavy (non-hydrogen) atoms. The number of amides is 3. The van der Waals surface area contributed by atoms with E-state index in [9.17, 15) is 19.2 Å². The van der Waals surface area contributed by atoms with Gasteiger partial charge in [0.05, 0.1) is 17.9 Å². The smallest absolute Gasteiger partial charge is 0.341 e. The summed E-state index contributed by atoms with van der Waals surface area (Å²) >= 11 is 2.77. The fraction of sp³-hybridized carbons (Fsp3) is 0.243. The predicted octanol–water partition coefficient (Wildman–Crippen LogP) is 7.50. The first-order chi connectivity index (χ1) is 22.7. The molecule has 1 aliphatic carbocycles. The fourth-order valence-corrected chi connectivity index (χ4v) is 7.37. The highest BCUT2D eigenvalue weighted by Gasteiger charge is 2.29. The number of ether oxygens (including phenoxy) is 1. The Bertz CT molecular complexity index is 1800. The summed E-state index contributed by atoms with van der Waals surface area (Å²) in [6.07, 6.45) is 4.30. The van der Waals surface area contributed by atoms with E-state index in [2.05, 4.69) is 22.9 Å². The maximum Gasteiger partial charge on any atom is 0.341 e. The number of nitrogens with one attached hydrogen (secondary N) is 3. The first-order valence-corrected chi connectivity index (χ1v) is 17.3. The van der Waals surface area contributed by atoms with Gasteiger partial charge in [0.1, 0.15) is 10.7 Å². The molecule has 8 nitrogen and oxygen atoms in total. The normalized spacial score (nSPS) is 14.1.